The first-order chi connectivity index (χ1) is 29.9. The highest BCUT2D eigenvalue weighted by Crippen LogP contribution is 2.43. The zero-order chi connectivity index (χ0) is 41.0. The van der Waals surface area contributed by atoms with Crippen LogP contribution in [-0.2, 0) is 0 Å². The van der Waals surface area contributed by atoms with E-state index in [2.05, 4.69) is 195 Å². The summed E-state index contributed by atoms with van der Waals surface area (Å²) in [6.07, 6.45) is 18.0. The second-order valence-electron chi connectivity index (χ2n) is 15.8. The number of hydrogen-bond acceptors (Lipinski definition) is 6. The van der Waals surface area contributed by atoms with Crippen molar-refractivity contribution in [3.05, 3.63) is 191 Å². The second-order valence-corrected chi connectivity index (χ2v) is 17.9. The summed E-state index contributed by atoms with van der Waals surface area (Å²) in [7, 11) is 0. The fraction of sp³-hybridized carbons (Fsp3) is 0.0741. The summed E-state index contributed by atoms with van der Waals surface area (Å²) >= 11 is 3.57. The average Bonchev–Trinajstić information content (AvgIpc) is 4.13. The number of allylic oxidation sites excluding steroid dienone is 4. The summed E-state index contributed by atoms with van der Waals surface area (Å²) < 4.78 is 6.44. The van der Waals surface area contributed by atoms with Crippen molar-refractivity contribution in [1.29, 1.82) is 0 Å². The maximum absolute atomic E-state index is 5.53. The Hall–Kier alpha value is -7.06. The summed E-state index contributed by atoms with van der Waals surface area (Å²) in [6, 6.07) is 44.1. The largest absolute Gasteiger partial charge is 0.248 e. The minimum Gasteiger partial charge on any atom is -0.248 e. The van der Waals surface area contributed by atoms with E-state index in [9.17, 15) is 0 Å². The van der Waals surface area contributed by atoms with Gasteiger partial charge in [-0.15, -0.1) is 27.8 Å². The molecule has 0 fully saturated rings. The molecule has 2 aliphatic heterocycles. The molecule has 0 radical (unpaired) electrons. The first-order valence-electron chi connectivity index (χ1n) is 20.5. The van der Waals surface area contributed by atoms with E-state index >= 15 is 0 Å². The van der Waals surface area contributed by atoms with Gasteiger partial charge in [0.25, 0.3) is 0 Å². The molecule has 61 heavy (non-hydrogen) atoms. The molecular weight excluding hydrogens is 783 g/mol. The van der Waals surface area contributed by atoms with Crippen LogP contribution in [0.5, 0.6) is 0 Å². The standard InChI is InChI=1S/C54H39N5S2/c1-33-8-14-37(15-9-33)51-42-24-25-43(55-42)52(38-16-10-34(2)11-17-38)49-30-31-50(61-49)54(40-20-22-41(23-21-40)59-32-46(57-58-59)36-6-4-5-7-36)45-27-26-44(56-45)53(48-29-28-47(51)60-48)39-18-12-35(3)13-19-39/h4-6,8-32H,7H2,1-3H3. The second kappa shape index (κ2) is 15.2. The minimum absolute atomic E-state index is 0.878. The molecular formula is C54H39N5S2. The van der Waals surface area contributed by atoms with Crippen molar-refractivity contribution in [2.75, 3.05) is 0 Å². The van der Waals surface area contributed by atoms with E-state index in [0.717, 1.165) is 104 Å². The van der Waals surface area contributed by atoms with Crippen LogP contribution < -0.4 is 0 Å². The summed E-state index contributed by atoms with van der Waals surface area (Å²) in [5.41, 5.74) is 19.4. The molecule has 1 aliphatic carbocycles. The van der Waals surface area contributed by atoms with Crippen molar-refractivity contribution < 1.29 is 0 Å². The van der Waals surface area contributed by atoms with E-state index in [1.54, 1.807) is 22.7 Å². The first-order valence-corrected chi connectivity index (χ1v) is 22.1. The Morgan fingerprint density at radius 1 is 0.459 bits per heavy atom. The molecule has 6 heterocycles. The lowest BCUT2D eigenvalue weighted by Crippen LogP contribution is -1.94. The summed E-state index contributed by atoms with van der Waals surface area (Å²) in [4.78, 5) is 11.0. The zero-order valence-electron chi connectivity index (χ0n) is 33.9. The molecule has 292 valence electrons. The molecule has 0 spiro atoms. The van der Waals surface area contributed by atoms with Gasteiger partial charge in [0.15, 0.2) is 0 Å². The Morgan fingerprint density at radius 2 is 0.836 bits per heavy atom. The Balaban J connectivity index is 1.21. The molecule has 8 bridgehead atoms. The van der Waals surface area contributed by atoms with E-state index < -0.39 is 0 Å². The van der Waals surface area contributed by atoms with Gasteiger partial charge in [0.1, 0.15) is 5.69 Å². The molecule has 3 aliphatic rings. The summed E-state index contributed by atoms with van der Waals surface area (Å²) in [5, 5.41) is 8.97. The van der Waals surface area contributed by atoms with Crippen molar-refractivity contribution in [2.45, 2.75) is 27.2 Å². The molecule has 0 unspecified atom stereocenters. The number of hydrogen-bond donors (Lipinski definition) is 0. The van der Waals surface area contributed by atoms with Gasteiger partial charge >= 0.3 is 0 Å². The molecule has 11 rings (SSSR count). The van der Waals surface area contributed by atoms with Gasteiger partial charge in [0.05, 0.1) is 34.7 Å². The number of nitrogens with zero attached hydrogens (tertiary/aromatic N) is 5. The molecule has 0 amide bonds. The fourth-order valence-corrected chi connectivity index (χ4v) is 10.6. The van der Waals surface area contributed by atoms with E-state index in [1.165, 1.54) is 22.3 Å². The van der Waals surface area contributed by atoms with Crippen LogP contribution in [0, 0.1) is 20.8 Å². The van der Waals surface area contributed by atoms with Crippen molar-refractivity contribution in [2.24, 2.45) is 0 Å². The molecule has 4 aromatic heterocycles. The van der Waals surface area contributed by atoms with Gasteiger partial charge < -0.3 is 0 Å². The van der Waals surface area contributed by atoms with Crippen LogP contribution in [-0.4, -0.2) is 25.0 Å². The van der Waals surface area contributed by atoms with E-state index in [0.29, 0.717) is 0 Å². The summed E-state index contributed by atoms with van der Waals surface area (Å²) in [6.45, 7) is 6.40. The number of rotatable bonds is 6. The van der Waals surface area contributed by atoms with Gasteiger partial charge in [0, 0.05) is 41.1 Å². The highest BCUT2D eigenvalue weighted by molar-refractivity contribution is 7.24. The van der Waals surface area contributed by atoms with Crippen molar-refractivity contribution >= 4 is 71.4 Å². The zero-order valence-corrected chi connectivity index (χ0v) is 35.6. The van der Waals surface area contributed by atoms with Gasteiger partial charge in [-0.1, -0.05) is 125 Å². The van der Waals surface area contributed by atoms with Crippen LogP contribution in [0.3, 0.4) is 0 Å². The smallest absolute Gasteiger partial charge is 0.109 e. The molecule has 4 aromatic carbocycles. The number of thiophene rings is 2. The lowest BCUT2D eigenvalue weighted by atomic mass is 10.0. The van der Waals surface area contributed by atoms with Crippen LogP contribution in [0.25, 0.3) is 98.9 Å². The minimum atomic E-state index is 0.878. The molecule has 7 heteroatoms. The number of aryl methyl sites for hydroxylation is 3. The molecule has 0 saturated heterocycles. The predicted octanol–water partition coefficient (Wildman–Crippen LogP) is 14.6. The third-order valence-corrected chi connectivity index (χ3v) is 13.8. The normalized spacial score (nSPS) is 13.0. The monoisotopic (exact) mass is 821 g/mol. The molecule has 8 aromatic rings. The topological polar surface area (TPSA) is 56.5 Å². The third kappa shape index (κ3) is 6.92. The van der Waals surface area contributed by atoms with Gasteiger partial charge in [-0.25, -0.2) is 14.6 Å². The maximum Gasteiger partial charge on any atom is 0.109 e. The SMILES string of the molecule is Cc1ccc(-c2c3nc(c(-c4ccc(C)cc4)c4ccc(s4)c(-c4ccc(-n5cc(C6=CC=CC6)nn5)cc4)c4nc(c(-c5ccc(C)cc5)c5ccc2s5)C=C4)C=C3)cc1. The predicted molar refractivity (Wildman–Crippen MR) is 259 cm³/mol. The van der Waals surface area contributed by atoms with Crippen LogP contribution in [0.1, 0.15) is 51.6 Å². The Bertz CT molecular complexity index is 3280. The number of fused-ring (bicyclic) bond motifs is 8. The Morgan fingerprint density at radius 3 is 1.20 bits per heavy atom. The first kappa shape index (κ1) is 37.0. The summed E-state index contributed by atoms with van der Waals surface area (Å²) in [5.74, 6) is 0. The molecule has 5 nitrogen and oxygen atoms in total. The van der Waals surface area contributed by atoms with Crippen LogP contribution in [0.15, 0.2) is 146 Å². The van der Waals surface area contributed by atoms with Crippen LogP contribution >= 0.6 is 22.7 Å². The van der Waals surface area contributed by atoms with E-state index in [-0.39, 0.29) is 0 Å². The van der Waals surface area contributed by atoms with Gasteiger partial charge in [-0.3, -0.25) is 0 Å². The van der Waals surface area contributed by atoms with E-state index in [4.69, 9.17) is 9.97 Å². The third-order valence-electron chi connectivity index (χ3n) is 11.5. The highest BCUT2D eigenvalue weighted by atomic mass is 32.1. The van der Waals surface area contributed by atoms with Crippen LogP contribution in [0.2, 0.25) is 0 Å². The average molecular weight is 822 g/mol. The van der Waals surface area contributed by atoms with Crippen molar-refractivity contribution in [3.63, 3.8) is 0 Å². The fourth-order valence-electron chi connectivity index (χ4n) is 8.28. The Labute approximate surface area is 362 Å². The molecule has 0 atom stereocenters. The number of benzene rings is 4. The van der Waals surface area contributed by atoms with E-state index in [1.807, 2.05) is 10.9 Å². The quantitative estimate of drug-likeness (QED) is 0.168. The van der Waals surface area contributed by atoms with Gasteiger partial charge in [-0.05, 0) is 116 Å². The lowest BCUT2D eigenvalue weighted by molar-refractivity contribution is 0.802. The maximum atomic E-state index is 5.53. The number of aromatic nitrogens is 5. The Kier molecular flexibility index (Phi) is 9.21. The highest BCUT2D eigenvalue weighted by Gasteiger charge is 2.20. The van der Waals surface area contributed by atoms with Crippen molar-refractivity contribution in [1.82, 2.24) is 25.0 Å². The van der Waals surface area contributed by atoms with Crippen LogP contribution in [0.4, 0.5) is 0 Å². The molecule has 0 saturated carbocycles. The van der Waals surface area contributed by atoms with Gasteiger partial charge in [-0.2, -0.15) is 0 Å². The lowest BCUT2D eigenvalue weighted by Gasteiger charge is -2.07. The van der Waals surface area contributed by atoms with Gasteiger partial charge in [0.2, 0.25) is 0 Å². The van der Waals surface area contributed by atoms with Crippen molar-refractivity contribution in [3.8, 4) is 50.2 Å². The molecule has 0 N–H and O–H groups in total.